The lowest BCUT2D eigenvalue weighted by Crippen LogP contribution is -2.14. The van der Waals surface area contributed by atoms with Crippen LogP contribution in [0, 0.1) is 11.3 Å². The van der Waals surface area contributed by atoms with Crippen LogP contribution in [0.15, 0.2) is 5.57 Å². The molecule has 0 saturated carbocycles. The smallest absolute Gasteiger partial charge is 0.351 e. The molecular formula is C9H13NO3. The Labute approximate surface area is 77.1 Å². The number of esters is 1. The zero-order valence-corrected chi connectivity index (χ0v) is 7.79. The first kappa shape index (κ1) is 11.6. The molecule has 0 aromatic carbocycles. The fourth-order valence-corrected chi connectivity index (χ4v) is 0.542. The van der Waals surface area contributed by atoms with E-state index in [1.165, 1.54) is 0 Å². The fourth-order valence-electron chi connectivity index (χ4n) is 0.542. The van der Waals surface area contributed by atoms with Crippen molar-refractivity contribution in [3.05, 3.63) is 5.57 Å². The van der Waals surface area contributed by atoms with E-state index in [2.05, 4.69) is 0 Å². The van der Waals surface area contributed by atoms with E-state index >= 15 is 0 Å². The maximum absolute atomic E-state index is 11.0. The SMILES string of the molecule is CCC(C)COC(=O)C(=C=N)C=O. The van der Waals surface area contributed by atoms with E-state index in [1.807, 2.05) is 13.8 Å². The summed E-state index contributed by atoms with van der Waals surface area (Å²) >= 11 is 0. The highest BCUT2D eigenvalue weighted by Gasteiger charge is 2.11. The Bertz CT molecular complexity index is 241. The average molecular weight is 183 g/mol. The Morgan fingerprint density at radius 2 is 2.31 bits per heavy atom. The van der Waals surface area contributed by atoms with Crippen molar-refractivity contribution in [1.29, 1.82) is 5.41 Å². The van der Waals surface area contributed by atoms with Gasteiger partial charge < -0.3 is 4.74 Å². The minimum Gasteiger partial charge on any atom is -0.461 e. The monoisotopic (exact) mass is 183 g/mol. The number of nitrogens with one attached hydrogen (secondary N) is 1. The standard InChI is InChI=1S/C9H13NO3/c1-3-7(2)6-13-9(12)8(4-10)5-11/h5,7,10H,3,6H2,1-2H3. The van der Waals surface area contributed by atoms with Crippen LogP contribution in [0.25, 0.3) is 0 Å². The average Bonchev–Trinajstić information content (AvgIpc) is 2.16. The Morgan fingerprint density at radius 3 is 2.69 bits per heavy atom. The molecule has 13 heavy (non-hydrogen) atoms. The molecule has 0 spiro atoms. The first-order chi connectivity index (χ1) is 6.15. The van der Waals surface area contributed by atoms with E-state index in [1.54, 1.807) is 5.87 Å². The Hall–Kier alpha value is -1.41. The van der Waals surface area contributed by atoms with Gasteiger partial charge in [0.1, 0.15) is 0 Å². The second kappa shape index (κ2) is 6.14. The Kier molecular flexibility index (Phi) is 5.48. The molecule has 0 bridgehead atoms. The summed E-state index contributed by atoms with van der Waals surface area (Å²) < 4.78 is 4.75. The van der Waals surface area contributed by atoms with Crippen LogP contribution in [0.4, 0.5) is 0 Å². The quantitative estimate of drug-likeness (QED) is 0.172. The number of hydrogen-bond acceptors (Lipinski definition) is 4. The number of carbonyl (C=O) groups excluding carboxylic acids is 2. The van der Waals surface area contributed by atoms with E-state index in [4.69, 9.17) is 10.1 Å². The summed E-state index contributed by atoms with van der Waals surface area (Å²) in [5.74, 6) is 1.21. The lowest BCUT2D eigenvalue weighted by Gasteiger charge is -2.07. The van der Waals surface area contributed by atoms with Crippen molar-refractivity contribution in [3.8, 4) is 0 Å². The minimum atomic E-state index is -0.773. The summed E-state index contributed by atoms with van der Waals surface area (Å²) in [6.07, 6.45) is 1.17. The summed E-state index contributed by atoms with van der Waals surface area (Å²) in [7, 11) is 0. The van der Waals surface area contributed by atoms with Gasteiger partial charge in [-0.2, -0.15) is 0 Å². The predicted molar refractivity (Wildman–Crippen MR) is 47.7 cm³/mol. The van der Waals surface area contributed by atoms with Gasteiger partial charge in [0.25, 0.3) is 0 Å². The van der Waals surface area contributed by atoms with Crippen molar-refractivity contribution in [3.63, 3.8) is 0 Å². The van der Waals surface area contributed by atoms with E-state index in [0.717, 1.165) is 6.42 Å². The highest BCUT2D eigenvalue weighted by molar-refractivity contribution is 6.14. The molecule has 0 fully saturated rings. The van der Waals surface area contributed by atoms with Crippen LogP contribution in [0.3, 0.4) is 0 Å². The third-order valence-corrected chi connectivity index (χ3v) is 1.67. The van der Waals surface area contributed by atoms with E-state index in [0.29, 0.717) is 0 Å². The molecular weight excluding hydrogens is 170 g/mol. The zero-order chi connectivity index (χ0) is 10.3. The second-order valence-electron chi connectivity index (χ2n) is 2.77. The molecule has 0 heterocycles. The minimum absolute atomic E-state index is 0.266. The van der Waals surface area contributed by atoms with Crippen LogP contribution in [0.2, 0.25) is 0 Å². The first-order valence-corrected chi connectivity index (χ1v) is 4.07. The summed E-state index contributed by atoms with van der Waals surface area (Å²) in [4.78, 5) is 21.1. The van der Waals surface area contributed by atoms with Gasteiger partial charge in [-0.05, 0) is 11.8 Å². The first-order valence-electron chi connectivity index (χ1n) is 4.07. The molecule has 1 atom stereocenters. The molecule has 0 aromatic rings. The number of ether oxygens (including phenoxy) is 1. The van der Waals surface area contributed by atoms with Gasteiger partial charge in [0.05, 0.1) is 6.61 Å². The Morgan fingerprint density at radius 1 is 1.69 bits per heavy atom. The lowest BCUT2D eigenvalue weighted by molar-refractivity contribution is -0.140. The summed E-state index contributed by atoms with van der Waals surface area (Å²) in [5.41, 5.74) is -0.372. The number of rotatable bonds is 5. The van der Waals surface area contributed by atoms with E-state index in [9.17, 15) is 9.59 Å². The van der Waals surface area contributed by atoms with E-state index in [-0.39, 0.29) is 24.4 Å². The molecule has 4 heteroatoms. The number of aldehydes is 1. The molecule has 0 rings (SSSR count). The Balaban J connectivity index is 4.01. The van der Waals surface area contributed by atoms with Crippen molar-refractivity contribution >= 4 is 18.1 Å². The van der Waals surface area contributed by atoms with Gasteiger partial charge in [0.15, 0.2) is 11.9 Å². The summed E-state index contributed by atoms with van der Waals surface area (Å²) in [6.45, 7) is 4.18. The highest BCUT2D eigenvalue weighted by atomic mass is 16.5. The highest BCUT2D eigenvalue weighted by Crippen LogP contribution is 2.01. The molecule has 0 aliphatic rings. The number of hydrogen-bond donors (Lipinski definition) is 1. The molecule has 0 aliphatic heterocycles. The van der Waals surface area contributed by atoms with Gasteiger partial charge >= 0.3 is 5.97 Å². The van der Waals surface area contributed by atoms with Gasteiger partial charge in [-0.25, -0.2) is 4.79 Å². The van der Waals surface area contributed by atoms with Crippen LogP contribution in [-0.2, 0) is 14.3 Å². The normalized spacial score (nSPS) is 11.2. The maximum atomic E-state index is 11.0. The molecule has 1 N–H and O–H groups in total. The molecule has 1 unspecified atom stereocenters. The van der Waals surface area contributed by atoms with Gasteiger partial charge in [0.2, 0.25) is 0 Å². The van der Waals surface area contributed by atoms with Crippen LogP contribution in [0.5, 0.6) is 0 Å². The zero-order valence-electron chi connectivity index (χ0n) is 7.79. The largest absolute Gasteiger partial charge is 0.461 e. The fraction of sp³-hybridized carbons (Fsp3) is 0.556. The summed E-state index contributed by atoms with van der Waals surface area (Å²) in [6, 6.07) is 0. The van der Waals surface area contributed by atoms with Gasteiger partial charge in [-0.1, -0.05) is 20.3 Å². The second-order valence-corrected chi connectivity index (χ2v) is 2.77. The van der Waals surface area contributed by atoms with Crippen molar-refractivity contribution in [1.82, 2.24) is 0 Å². The van der Waals surface area contributed by atoms with Crippen molar-refractivity contribution in [2.45, 2.75) is 20.3 Å². The molecule has 0 radical (unpaired) electrons. The number of carbonyl (C=O) groups is 2. The maximum Gasteiger partial charge on any atom is 0.351 e. The molecule has 0 amide bonds. The van der Waals surface area contributed by atoms with Gasteiger partial charge in [0, 0.05) is 0 Å². The molecule has 0 aromatic heterocycles. The third kappa shape index (κ3) is 4.23. The van der Waals surface area contributed by atoms with Crippen LogP contribution >= 0.6 is 0 Å². The predicted octanol–water partition coefficient (Wildman–Crippen LogP) is 0.949. The molecule has 4 nitrogen and oxygen atoms in total. The topological polar surface area (TPSA) is 67.2 Å². The van der Waals surface area contributed by atoms with Crippen molar-refractivity contribution < 1.29 is 14.3 Å². The van der Waals surface area contributed by atoms with Gasteiger partial charge in [-0.15, -0.1) is 0 Å². The van der Waals surface area contributed by atoms with Crippen LogP contribution < -0.4 is 0 Å². The third-order valence-electron chi connectivity index (χ3n) is 1.67. The molecule has 72 valence electrons. The van der Waals surface area contributed by atoms with Gasteiger partial charge in [-0.3, -0.25) is 10.2 Å². The van der Waals surface area contributed by atoms with Crippen molar-refractivity contribution in [2.24, 2.45) is 5.92 Å². The van der Waals surface area contributed by atoms with Crippen LogP contribution in [-0.4, -0.2) is 24.7 Å². The van der Waals surface area contributed by atoms with Crippen molar-refractivity contribution in [2.75, 3.05) is 6.61 Å². The molecule has 0 saturated heterocycles. The summed E-state index contributed by atoms with van der Waals surface area (Å²) in [5, 5.41) is 6.60. The molecule has 0 aliphatic carbocycles. The van der Waals surface area contributed by atoms with Crippen LogP contribution in [0.1, 0.15) is 20.3 Å². The lowest BCUT2D eigenvalue weighted by atomic mass is 10.1. The van der Waals surface area contributed by atoms with E-state index < -0.39 is 5.97 Å².